The van der Waals surface area contributed by atoms with Crippen LogP contribution in [0, 0.1) is 0 Å². The lowest BCUT2D eigenvalue weighted by Gasteiger charge is -2.36. The van der Waals surface area contributed by atoms with Crippen LogP contribution in [0.2, 0.25) is 0 Å². The van der Waals surface area contributed by atoms with Crippen LogP contribution in [0.1, 0.15) is 25.5 Å². The number of thiophene rings is 1. The van der Waals surface area contributed by atoms with Gasteiger partial charge in [-0.2, -0.15) is 11.3 Å². The van der Waals surface area contributed by atoms with Crippen LogP contribution in [0.3, 0.4) is 0 Å². The minimum atomic E-state index is -0.682. The van der Waals surface area contributed by atoms with Crippen molar-refractivity contribution in [2.45, 2.75) is 25.4 Å². The predicted octanol–water partition coefficient (Wildman–Crippen LogP) is 1.92. The predicted molar refractivity (Wildman–Crippen MR) is 62.2 cm³/mol. The van der Waals surface area contributed by atoms with Gasteiger partial charge in [0.2, 0.25) is 0 Å². The Hall–Kier alpha value is -0.190. The lowest BCUT2D eigenvalue weighted by molar-refractivity contribution is 0.369. The molecule has 1 saturated heterocycles. The summed E-state index contributed by atoms with van der Waals surface area (Å²) >= 11 is 1.70. The lowest BCUT2D eigenvalue weighted by atomic mass is 10.0. The molecule has 2 nitrogen and oxygen atoms in total. The summed E-state index contributed by atoms with van der Waals surface area (Å²) in [5.74, 6) is 1.51. The highest BCUT2D eigenvalue weighted by atomic mass is 32.2. The average molecular weight is 229 g/mol. The molecule has 14 heavy (non-hydrogen) atoms. The zero-order chi connectivity index (χ0) is 10.2. The fourth-order valence-corrected chi connectivity index (χ4v) is 4.22. The minimum Gasteiger partial charge on any atom is -0.303 e. The van der Waals surface area contributed by atoms with Crippen molar-refractivity contribution < 1.29 is 4.21 Å². The van der Waals surface area contributed by atoms with Gasteiger partial charge in [-0.05, 0) is 36.2 Å². The molecule has 0 aliphatic carbocycles. The van der Waals surface area contributed by atoms with Crippen LogP contribution in [-0.2, 0) is 10.8 Å². The van der Waals surface area contributed by atoms with Gasteiger partial charge >= 0.3 is 0 Å². The molecule has 2 atom stereocenters. The van der Waals surface area contributed by atoms with Crippen molar-refractivity contribution in [1.29, 1.82) is 0 Å². The second-order valence-corrected chi connectivity index (χ2v) is 6.67. The van der Waals surface area contributed by atoms with Crippen LogP contribution in [0.5, 0.6) is 0 Å². The smallest absolute Gasteiger partial charge is 0.0449 e. The summed E-state index contributed by atoms with van der Waals surface area (Å²) in [7, 11) is -0.682. The number of hydrogen-bond acceptors (Lipinski definition) is 3. The van der Waals surface area contributed by atoms with Gasteiger partial charge in [-0.15, -0.1) is 0 Å². The van der Waals surface area contributed by atoms with Gasteiger partial charge in [0, 0.05) is 33.9 Å². The lowest BCUT2D eigenvalue weighted by Crippen LogP contribution is -2.52. The van der Waals surface area contributed by atoms with E-state index in [2.05, 4.69) is 36.0 Å². The first-order valence-corrected chi connectivity index (χ1v) is 7.15. The molecule has 1 aromatic heterocycles. The highest BCUT2D eigenvalue weighted by Gasteiger charge is 2.31. The molecule has 2 heterocycles. The Morgan fingerprint density at radius 2 is 2.43 bits per heavy atom. The summed E-state index contributed by atoms with van der Waals surface area (Å²) in [5, 5.41) is 7.75. The van der Waals surface area contributed by atoms with Crippen molar-refractivity contribution in [2.24, 2.45) is 0 Å². The Kier molecular flexibility index (Phi) is 2.77. The number of rotatable bonds is 1. The average Bonchev–Trinajstić information content (AvgIpc) is 2.51. The second kappa shape index (κ2) is 3.76. The molecule has 0 bridgehead atoms. The van der Waals surface area contributed by atoms with E-state index >= 15 is 0 Å². The first kappa shape index (κ1) is 10.3. The Balaban J connectivity index is 2.18. The third-order valence-corrected chi connectivity index (χ3v) is 4.84. The van der Waals surface area contributed by atoms with E-state index in [9.17, 15) is 4.21 Å². The Labute approximate surface area is 91.2 Å². The van der Waals surface area contributed by atoms with Crippen LogP contribution in [-0.4, -0.2) is 21.3 Å². The molecule has 2 unspecified atom stereocenters. The van der Waals surface area contributed by atoms with Crippen molar-refractivity contribution in [3.63, 3.8) is 0 Å². The van der Waals surface area contributed by atoms with E-state index in [1.807, 2.05) is 0 Å². The quantitative estimate of drug-likeness (QED) is 0.797. The van der Waals surface area contributed by atoms with Gasteiger partial charge in [-0.25, -0.2) is 0 Å². The summed E-state index contributed by atoms with van der Waals surface area (Å²) < 4.78 is 11.7. The summed E-state index contributed by atoms with van der Waals surface area (Å²) in [4.78, 5) is 0. The summed E-state index contributed by atoms with van der Waals surface area (Å²) in [6.45, 7) is 4.23. The summed E-state index contributed by atoms with van der Waals surface area (Å²) in [6.07, 6.45) is 0. The Bertz CT molecular complexity index is 332. The molecule has 0 radical (unpaired) electrons. The van der Waals surface area contributed by atoms with Crippen molar-refractivity contribution in [3.8, 4) is 0 Å². The molecule has 0 aromatic carbocycles. The normalized spacial score (nSPS) is 31.6. The molecule has 0 saturated carbocycles. The van der Waals surface area contributed by atoms with Crippen LogP contribution in [0.15, 0.2) is 16.8 Å². The molecule has 1 aliphatic rings. The molecule has 78 valence electrons. The molecule has 1 fully saturated rings. The van der Waals surface area contributed by atoms with Gasteiger partial charge in [0.15, 0.2) is 0 Å². The second-order valence-electron chi connectivity index (χ2n) is 4.39. The van der Waals surface area contributed by atoms with E-state index in [0.29, 0.717) is 0 Å². The van der Waals surface area contributed by atoms with Crippen LogP contribution >= 0.6 is 11.3 Å². The van der Waals surface area contributed by atoms with Crippen molar-refractivity contribution in [3.05, 3.63) is 22.4 Å². The van der Waals surface area contributed by atoms with Gasteiger partial charge in [0.1, 0.15) is 0 Å². The molecule has 1 aliphatic heterocycles. The maximum absolute atomic E-state index is 11.7. The fourth-order valence-electron chi connectivity index (χ4n) is 1.86. The van der Waals surface area contributed by atoms with E-state index in [0.717, 1.165) is 11.5 Å². The first-order valence-electron chi connectivity index (χ1n) is 4.72. The van der Waals surface area contributed by atoms with Crippen LogP contribution in [0.25, 0.3) is 0 Å². The van der Waals surface area contributed by atoms with Crippen LogP contribution in [0.4, 0.5) is 0 Å². The highest BCUT2D eigenvalue weighted by molar-refractivity contribution is 7.85. The van der Waals surface area contributed by atoms with Gasteiger partial charge in [0.25, 0.3) is 0 Å². The van der Waals surface area contributed by atoms with E-state index in [4.69, 9.17) is 0 Å². The molecule has 0 amide bonds. The molecular weight excluding hydrogens is 214 g/mol. The fraction of sp³-hybridized carbons (Fsp3) is 0.600. The van der Waals surface area contributed by atoms with E-state index in [1.165, 1.54) is 5.56 Å². The molecule has 1 N–H and O–H groups in total. The first-order chi connectivity index (χ1) is 6.57. The van der Waals surface area contributed by atoms with Gasteiger partial charge < -0.3 is 5.32 Å². The number of nitrogens with one attached hydrogen (secondary N) is 1. The molecular formula is C10H15NOS2. The van der Waals surface area contributed by atoms with Gasteiger partial charge in [-0.3, -0.25) is 4.21 Å². The SMILES string of the molecule is CC1(C)CS(=O)CC(c2ccsc2)N1. The minimum absolute atomic E-state index is 0.00425. The summed E-state index contributed by atoms with van der Waals surface area (Å²) in [6, 6.07) is 2.38. The monoisotopic (exact) mass is 229 g/mol. The Morgan fingerprint density at radius 1 is 1.64 bits per heavy atom. The van der Waals surface area contributed by atoms with E-state index in [-0.39, 0.29) is 11.6 Å². The third kappa shape index (κ3) is 2.24. The van der Waals surface area contributed by atoms with Gasteiger partial charge in [-0.1, -0.05) is 0 Å². The highest BCUT2D eigenvalue weighted by Crippen LogP contribution is 2.25. The molecule has 1 aromatic rings. The molecule has 2 rings (SSSR count). The Morgan fingerprint density at radius 3 is 3.00 bits per heavy atom. The largest absolute Gasteiger partial charge is 0.303 e. The molecule has 4 heteroatoms. The summed E-state index contributed by atoms with van der Waals surface area (Å²) in [5.41, 5.74) is 1.27. The van der Waals surface area contributed by atoms with Crippen molar-refractivity contribution in [1.82, 2.24) is 5.32 Å². The maximum Gasteiger partial charge on any atom is 0.0449 e. The van der Waals surface area contributed by atoms with Crippen LogP contribution < -0.4 is 5.32 Å². The molecule has 0 spiro atoms. The third-order valence-electron chi connectivity index (χ3n) is 2.38. The standard InChI is InChI=1S/C10H15NOS2/c1-10(2)7-14(12)6-9(11-10)8-3-4-13-5-8/h3-5,9,11H,6-7H2,1-2H3. The van der Waals surface area contributed by atoms with Gasteiger partial charge in [0.05, 0.1) is 0 Å². The van der Waals surface area contributed by atoms with E-state index in [1.54, 1.807) is 11.3 Å². The van der Waals surface area contributed by atoms with E-state index < -0.39 is 10.8 Å². The van der Waals surface area contributed by atoms with Crippen molar-refractivity contribution in [2.75, 3.05) is 11.5 Å². The topological polar surface area (TPSA) is 29.1 Å². The zero-order valence-electron chi connectivity index (χ0n) is 8.45. The number of hydrogen-bond donors (Lipinski definition) is 1. The maximum atomic E-state index is 11.7. The van der Waals surface area contributed by atoms with Crippen molar-refractivity contribution >= 4 is 22.1 Å². The zero-order valence-corrected chi connectivity index (χ0v) is 10.1.